The molecule has 0 saturated carbocycles. The second kappa shape index (κ2) is 7.91. The average molecular weight is 346 g/mol. The van der Waals surface area contributed by atoms with Crippen molar-refractivity contribution < 1.29 is 9.59 Å². The topological polar surface area (TPSA) is 58.5 Å². The molecule has 0 saturated heterocycles. The number of aryl methyl sites for hydroxylation is 1. The molecule has 2 amide bonds. The number of nitrogens with zero attached hydrogens (tertiary/aromatic N) is 1. The van der Waals surface area contributed by atoms with Gasteiger partial charge in [-0.05, 0) is 48.3 Å². The number of carbonyl (C=O) groups is 2. The number of amides is 2. The molecule has 0 bridgehead atoms. The molecule has 2 aromatic rings. The lowest BCUT2D eigenvalue weighted by molar-refractivity contribution is -0.121. The van der Waals surface area contributed by atoms with E-state index in [4.69, 9.17) is 0 Å². The SMILES string of the molecule is Cc1ccc2c(c1C)=NC(=O)C(CCNC(=O)/C=C/c1ccccc1)C=2. The monoisotopic (exact) mass is 346 g/mol. The minimum absolute atomic E-state index is 0.139. The van der Waals surface area contributed by atoms with Crippen LogP contribution in [-0.4, -0.2) is 18.4 Å². The van der Waals surface area contributed by atoms with Gasteiger partial charge in [-0.25, -0.2) is 4.99 Å². The summed E-state index contributed by atoms with van der Waals surface area (Å²) in [5.41, 5.74) is 3.15. The van der Waals surface area contributed by atoms with Crippen molar-refractivity contribution >= 4 is 24.0 Å². The van der Waals surface area contributed by atoms with Crippen LogP contribution >= 0.6 is 0 Å². The summed E-state index contributed by atoms with van der Waals surface area (Å²) in [5.74, 6) is -0.593. The quantitative estimate of drug-likeness (QED) is 0.843. The Labute approximate surface area is 153 Å². The van der Waals surface area contributed by atoms with E-state index in [1.807, 2.05) is 62.4 Å². The lowest BCUT2D eigenvalue weighted by atomic mass is 9.98. The first-order valence-electron chi connectivity index (χ1n) is 8.76. The van der Waals surface area contributed by atoms with Gasteiger partial charge in [-0.15, -0.1) is 0 Å². The van der Waals surface area contributed by atoms with Gasteiger partial charge in [0.05, 0.1) is 11.3 Å². The molecule has 26 heavy (non-hydrogen) atoms. The van der Waals surface area contributed by atoms with Crippen molar-refractivity contribution in [3.63, 3.8) is 0 Å². The fourth-order valence-corrected chi connectivity index (χ4v) is 2.94. The van der Waals surface area contributed by atoms with Crippen LogP contribution in [-0.2, 0) is 9.59 Å². The molecule has 1 aliphatic heterocycles. The van der Waals surface area contributed by atoms with Crippen molar-refractivity contribution in [1.29, 1.82) is 0 Å². The Morgan fingerprint density at radius 1 is 1.15 bits per heavy atom. The van der Waals surface area contributed by atoms with Crippen molar-refractivity contribution in [2.24, 2.45) is 10.9 Å². The summed E-state index contributed by atoms with van der Waals surface area (Å²) in [6, 6.07) is 13.7. The molecule has 1 heterocycles. The summed E-state index contributed by atoms with van der Waals surface area (Å²) < 4.78 is 0. The molecule has 0 radical (unpaired) electrons. The van der Waals surface area contributed by atoms with Crippen LogP contribution in [0.15, 0.2) is 53.5 Å². The molecule has 1 unspecified atom stereocenters. The molecule has 4 heteroatoms. The molecule has 1 atom stereocenters. The highest BCUT2D eigenvalue weighted by Crippen LogP contribution is 2.10. The summed E-state index contributed by atoms with van der Waals surface area (Å²) >= 11 is 0. The highest BCUT2D eigenvalue weighted by atomic mass is 16.2. The maximum absolute atomic E-state index is 12.3. The normalized spacial score (nSPS) is 15.9. The third-order valence-corrected chi connectivity index (χ3v) is 4.63. The molecule has 1 N–H and O–H groups in total. The van der Waals surface area contributed by atoms with Gasteiger partial charge in [0.2, 0.25) is 5.91 Å². The standard InChI is InChI=1S/C22H22N2O2/c1-15-8-10-18-14-19(22(26)24-21(18)16(15)2)12-13-23-20(25)11-9-17-6-4-3-5-7-17/h3-11,14,19H,12-13H2,1-2H3,(H,23,25)/b11-9+. The zero-order valence-electron chi connectivity index (χ0n) is 15.0. The summed E-state index contributed by atoms with van der Waals surface area (Å²) in [4.78, 5) is 28.5. The Morgan fingerprint density at radius 3 is 2.69 bits per heavy atom. The van der Waals surface area contributed by atoms with E-state index in [2.05, 4.69) is 10.3 Å². The minimum atomic E-state index is -0.289. The van der Waals surface area contributed by atoms with Gasteiger partial charge >= 0.3 is 0 Å². The lowest BCUT2D eigenvalue weighted by Crippen LogP contribution is -2.37. The largest absolute Gasteiger partial charge is 0.353 e. The van der Waals surface area contributed by atoms with Crippen LogP contribution in [0.3, 0.4) is 0 Å². The summed E-state index contributed by atoms with van der Waals surface area (Å²) in [6.45, 7) is 4.43. The number of rotatable bonds is 5. The second-order valence-electron chi connectivity index (χ2n) is 6.49. The van der Waals surface area contributed by atoms with E-state index in [1.54, 1.807) is 6.08 Å². The van der Waals surface area contributed by atoms with E-state index < -0.39 is 0 Å². The fraction of sp³-hybridized carbons (Fsp3) is 0.227. The number of hydrogen-bond acceptors (Lipinski definition) is 2. The van der Waals surface area contributed by atoms with Gasteiger partial charge < -0.3 is 5.32 Å². The second-order valence-corrected chi connectivity index (χ2v) is 6.49. The summed E-state index contributed by atoms with van der Waals surface area (Å²) in [5, 5.41) is 4.60. The van der Waals surface area contributed by atoms with Crippen LogP contribution in [0, 0.1) is 19.8 Å². The molecule has 0 spiro atoms. The molecule has 0 aromatic heterocycles. The van der Waals surface area contributed by atoms with Crippen LogP contribution in [0.25, 0.3) is 12.2 Å². The Bertz CT molecular complexity index is 975. The number of benzene rings is 2. The van der Waals surface area contributed by atoms with Crippen LogP contribution < -0.4 is 15.9 Å². The maximum Gasteiger partial charge on any atom is 0.253 e. The molecule has 0 fully saturated rings. The van der Waals surface area contributed by atoms with Gasteiger partial charge in [0.1, 0.15) is 0 Å². The van der Waals surface area contributed by atoms with Gasteiger partial charge in [-0.2, -0.15) is 0 Å². The van der Waals surface area contributed by atoms with E-state index in [-0.39, 0.29) is 17.7 Å². The molecular weight excluding hydrogens is 324 g/mol. The highest BCUT2D eigenvalue weighted by Gasteiger charge is 2.19. The minimum Gasteiger partial charge on any atom is -0.353 e. The first-order valence-corrected chi connectivity index (χ1v) is 8.76. The van der Waals surface area contributed by atoms with E-state index in [9.17, 15) is 9.59 Å². The van der Waals surface area contributed by atoms with Crippen molar-refractivity contribution in [2.75, 3.05) is 6.54 Å². The van der Waals surface area contributed by atoms with Gasteiger partial charge in [0.25, 0.3) is 5.91 Å². The Balaban J connectivity index is 1.59. The van der Waals surface area contributed by atoms with E-state index in [1.165, 1.54) is 6.08 Å². The molecule has 2 aromatic carbocycles. The van der Waals surface area contributed by atoms with Crippen LogP contribution in [0.4, 0.5) is 0 Å². The smallest absolute Gasteiger partial charge is 0.253 e. The zero-order valence-corrected chi connectivity index (χ0v) is 15.0. The summed E-state index contributed by atoms with van der Waals surface area (Å²) in [6.07, 6.45) is 5.78. The molecular formula is C22H22N2O2. The van der Waals surface area contributed by atoms with Crippen LogP contribution in [0.1, 0.15) is 23.1 Å². The van der Waals surface area contributed by atoms with Gasteiger partial charge in [0, 0.05) is 12.6 Å². The van der Waals surface area contributed by atoms with Crippen LogP contribution in [0.2, 0.25) is 0 Å². The predicted molar refractivity (Wildman–Crippen MR) is 103 cm³/mol. The van der Waals surface area contributed by atoms with Gasteiger partial charge in [-0.1, -0.05) is 48.5 Å². The van der Waals surface area contributed by atoms with Crippen LogP contribution in [0.5, 0.6) is 0 Å². The lowest BCUT2D eigenvalue weighted by Gasteiger charge is -2.13. The molecule has 132 valence electrons. The number of carbonyl (C=O) groups excluding carboxylic acids is 2. The van der Waals surface area contributed by atoms with Crippen molar-refractivity contribution in [2.45, 2.75) is 20.3 Å². The average Bonchev–Trinajstić information content (AvgIpc) is 2.65. The maximum atomic E-state index is 12.3. The zero-order chi connectivity index (χ0) is 18.5. The molecule has 3 rings (SSSR count). The van der Waals surface area contributed by atoms with Gasteiger partial charge in [0.15, 0.2) is 0 Å². The number of fused-ring (bicyclic) bond motifs is 1. The predicted octanol–water partition coefficient (Wildman–Crippen LogP) is 2.08. The highest BCUT2D eigenvalue weighted by molar-refractivity contribution is 5.91. The van der Waals surface area contributed by atoms with E-state index in [0.717, 1.165) is 27.3 Å². The van der Waals surface area contributed by atoms with Crippen molar-refractivity contribution in [3.8, 4) is 0 Å². The first kappa shape index (κ1) is 17.8. The van der Waals surface area contributed by atoms with Crippen molar-refractivity contribution in [3.05, 3.63) is 75.8 Å². The third kappa shape index (κ3) is 4.14. The van der Waals surface area contributed by atoms with E-state index >= 15 is 0 Å². The third-order valence-electron chi connectivity index (χ3n) is 4.63. The Hall–Kier alpha value is -3.01. The number of hydrogen-bond donors (Lipinski definition) is 1. The van der Waals surface area contributed by atoms with E-state index in [0.29, 0.717) is 13.0 Å². The molecule has 4 nitrogen and oxygen atoms in total. The van der Waals surface area contributed by atoms with Gasteiger partial charge in [-0.3, -0.25) is 9.59 Å². The summed E-state index contributed by atoms with van der Waals surface area (Å²) in [7, 11) is 0. The Kier molecular flexibility index (Phi) is 5.42. The fourth-order valence-electron chi connectivity index (χ4n) is 2.94. The molecule has 0 aliphatic carbocycles. The number of nitrogens with one attached hydrogen (secondary N) is 1. The van der Waals surface area contributed by atoms with Crippen molar-refractivity contribution in [1.82, 2.24) is 5.32 Å². The first-order chi connectivity index (χ1) is 12.5. The molecule has 1 aliphatic rings. The Morgan fingerprint density at radius 2 is 1.92 bits per heavy atom.